The predicted octanol–water partition coefficient (Wildman–Crippen LogP) is -11.2. The van der Waals surface area contributed by atoms with Crippen molar-refractivity contribution in [3.05, 3.63) is 83.7 Å². The summed E-state index contributed by atoms with van der Waals surface area (Å²) < 4.78 is 33.1. The van der Waals surface area contributed by atoms with Crippen LogP contribution in [-0.4, -0.2) is 15.1 Å². The molecule has 1 aromatic carbocycles. The molecule has 3 aromatic heterocycles. The number of nitrogens with one attached hydrogen (secondary N) is 2. The van der Waals surface area contributed by atoms with E-state index in [1.807, 2.05) is 30.3 Å². The second-order valence-corrected chi connectivity index (χ2v) is 9.89. The fraction of sp³-hybridized carbons (Fsp3) is 0.0952. The van der Waals surface area contributed by atoms with E-state index in [0.29, 0.717) is 24.6 Å². The van der Waals surface area contributed by atoms with Gasteiger partial charge in [0.1, 0.15) is 18.2 Å². The second-order valence-electron chi connectivity index (χ2n) is 7.45. The van der Waals surface area contributed by atoms with Crippen LogP contribution in [0, 0.1) is 0 Å². The van der Waals surface area contributed by atoms with Crippen molar-refractivity contribution in [1.29, 1.82) is 0 Å². The molecule has 3 heterocycles. The summed E-state index contributed by atoms with van der Waals surface area (Å²) in [6, 6.07) is 16.9. The normalized spacial score (nSPS) is 10.6. The van der Waals surface area contributed by atoms with Crippen LogP contribution < -0.4 is 153 Å². The summed E-state index contributed by atoms with van der Waals surface area (Å²) in [5.74, 6) is -0.531. The van der Waals surface area contributed by atoms with Crippen LogP contribution >= 0.6 is 15.5 Å². The first-order chi connectivity index (χ1) is 17.0. The van der Waals surface area contributed by atoms with E-state index in [0.717, 1.165) is 17.2 Å². The second kappa shape index (κ2) is 18.3. The van der Waals surface area contributed by atoms with Crippen LogP contribution in [0.25, 0.3) is 11.3 Å². The van der Waals surface area contributed by atoms with E-state index in [1.54, 1.807) is 28.5 Å². The predicted molar refractivity (Wildman–Crippen MR) is 120 cm³/mol. The van der Waals surface area contributed by atoms with Crippen molar-refractivity contribution in [3.63, 3.8) is 0 Å². The number of ether oxygens (including phenoxy) is 1. The quantitative estimate of drug-likeness (QED) is 0.125. The molecule has 40 heavy (non-hydrogen) atoms. The zero-order valence-corrected chi connectivity index (χ0v) is 32.1. The number of hydrogen-bond acceptors (Lipinski definition) is 11. The van der Waals surface area contributed by atoms with Crippen molar-refractivity contribution >= 4 is 27.1 Å². The fourth-order valence-electron chi connectivity index (χ4n) is 3.14. The minimum atomic E-state index is -5.33. The number of rotatable bonds is 10. The minimum Gasteiger partial charge on any atom is -0.795 e. The fourth-order valence-corrected chi connectivity index (χ4v) is 3.97. The number of anilines is 2. The van der Waals surface area contributed by atoms with Crippen LogP contribution in [0.4, 0.5) is 11.6 Å². The molecule has 4 aromatic rings. The zero-order chi connectivity index (χ0) is 25.8. The summed E-state index contributed by atoms with van der Waals surface area (Å²) in [5, 5.41) is 7.16. The van der Waals surface area contributed by atoms with E-state index in [2.05, 4.69) is 15.1 Å². The van der Waals surface area contributed by atoms with E-state index in [-0.39, 0.29) is 130 Å². The van der Waals surface area contributed by atoms with E-state index >= 15 is 0 Å². The van der Waals surface area contributed by atoms with Gasteiger partial charge in [-0.15, -0.1) is 0 Å². The van der Waals surface area contributed by atoms with Crippen molar-refractivity contribution in [3.8, 4) is 17.2 Å². The molecular formula is C21H17N5Na4O8P2. The zero-order valence-electron chi connectivity index (χ0n) is 22.3. The SMILES string of the molecule is O=P([O-])([O-])Nc1ccc(-c2cc(Cc3ccc(OCc4ccccc4)nc3)no2)c(NP(=O)([O-])[O-])n1.[Na+].[Na+].[Na+].[Na+]. The Kier molecular flexibility index (Phi) is 18.5. The molecule has 0 radical (unpaired) electrons. The van der Waals surface area contributed by atoms with Crippen molar-refractivity contribution in [2.24, 2.45) is 0 Å². The molecule has 0 unspecified atom stereocenters. The molecular weight excluding hydrogens is 604 g/mol. The monoisotopic (exact) mass is 621 g/mol. The van der Waals surface area contributed by atoms with Gasteiger partial charge in [0, 0.05) is 40.2 Å². The average molecular weight is 621 g/mol. The van der Waals surface area contributed by atoms with Crippen molar-refractivity contribution in [1.82, 2.24) is 15.1 Å². The van der Waals surface area contributed by atoms with Gasteiger partial charge in [0.15, 0.2) is 5.76 Å². The molecule has 0 spiro atoms. The third-order valence-corrected chi connectivity index (χ3v) is 5.61. The number of aromatic nitrogens is 3. The van der Waals surface area contributed by atoms with Gasteiger partial charge in [-0.25, -0.2) is 9.97 Å². The summed E-state index contributed by atoms with van der Waals surface area (Å²) in [6.45, 7) is 0.374. The first-order valence-corrected chi connectivity index (χ1v) is 13.3. The molecule has 0 fully saturated rings. The summed E-state index contributed by atoms with van der Waals surface area (Å²) in [7, 11) is -10.6. The van der Waals surface area contributed by atoms with Gasteiger partial charge in [-0.3, -0.25) is 0 Å². The van der Waals surface area contributed by atoms with Gasteiger partial charge in [0.25, 0.3) is 0 Å². The molecule has 188 valence electrons. The Balaban J connectivity index is 0.00000380. The Hall–Kier alpha value is 0.430. The topological polar surface area (TPSA) is 211 Å². The maximum Gasteiger partial charge on any atom is 1.00 e. The first kappa shape index (κ1) is 40.4. The Morgan fingerprint density at radius 1 is 0.825 bits per heavy atom. The molecule has 0 aliphatic heterocycles. The number of benzene rings is 1. The van der Waals surface area contributed by atoms with Gasteiger partial charge in [-0.2, -0.15) is 0 Å². The Labute approximate surface area is 318 Å². The van der Waals surface area contributed by atoms with Crippen LogP contribution in [0.3, 0.4) is 0 Å². The van der Waals surface area contributed by atoms with E-state index in [9.17, 15) is 28.7 Å². The van der Waals surface area contributed by atoms with Gasteiger partial charge in [-0.1, -0.05) is 41.6 Å². The van der Waals surface area contributed by atoms with Crippen molar-refractivity contribution in [2.75, 3.05) is 10.2 Å². The third-order valence-electron chi connectivity index (χ3n) is 4.63. The van der Waals surface area contributed by atoms with Crippen molar-refractivity contribution in [2.45, 2.75) is 13.0 Å². The molecule has 0 aliphatic rings. The standard InChI is InChI=1S/C21H21N5O8P2.4Na/c27-35(28,29)25-19-8-7-17(21(23-19)26-36(30,31)32)18-11-16(24-34-18)10-15-6-9-20(22-12-15)33-13-14-4-2-1-3-5-14;;;;/h1-9,11-12H,10,13H2,(H6,23,25,26,27,28,29,30,31,32);;;;/q;4*+1/p-4. The van der Waals surface area contributed by atoms with Crippen LogP contribution in [0.2, 0.25) is 0 Å². The van der Waals surface area contributed by atoms with Crippen LogP contribution in [0.15, 0.2) is 71.4 Å². The molecule has 19 heteroatoms. The summed E-state index contributed by atoms with van der Waals surface area (Å²) in [6.07, 6.45) is 1.92. The largest absolute Gasteiger partial charge is 1.00 e. The number of pyridine rings is 2. The molecule has 2 N–H and O–H groups in total. The summed E-state index contributed by atoms with van der Waals surface area (Å²) >= 11 is 0. The minimum absolute atomic E-state index is 0. The van der Waals surface area contributed by atoms with Crippen LogP contribution in [-0.2, 0) is 22.2 Å². The molecule has 13 nitrogen and oxygen atoms in total. The maximum atomic E-state index is 11.2. The Morgan fingerprint density at radius 2 is 1.50 bits per heavy atom. The molecule has 0 aliphatic carbocycles. The van der Waals surface area contributed by atoms with Crippen LogP contribution in [0.5, 0.6) is 5.88 Å². The first-order valence-electron chi connectivity index (χ1n) is 10.2. The smallest absolute Gasteiger partial charge is 0.795 e. The third kappa shape index (κ3) is 13.4. The van der Waals surface area contributed by atoms with E-state index in [4.69, 9.17) is 9.26 Å². The molecule has 0 amide bonds. The Bertz CT molecular complexity index is 1440. The maximum absolute atomic E-state index is 11.2. The Morgan fingerprint density at radius 3 is 2.10 bits per heavy atom. The van der Waals surface area contributed by atoms with Crippen LogP contribution in [0.1, 0.15) is 16.8 Å². The van der Waals surface area contributed by atoms with E-state index < -0.39 is 27.1 Å². The number of nitrogens with zero attached hydrogens (tertiary/aromatic N) is 3. The van der Waals surface area contributed by atoms with Gasteiger partial charge in [0.2, 0.25) is 5.88 Å². The van der Waals surface area contributed by atoms with Gasteiger partial charge < -0.3 is 48.1 Å². The molecule has 0 saturated carbocycles. The van der Waals surface area contributed by atoms with Crippen molar-refractivity contribution < 1.29 is 156 Å². The molecule has 0 atom stereocenters. The van der Waals surface area contributed by atoms with Gasteiger partial charge in [0.05, 0.1) is 11.3 Å². The van der Waals surface area contributed by atoms with Gasteiger partial charge >= 0.3 is 118 Å². The molecule has 0 saturated heterocycles. The average Bonchev–Trinajstić information content (AvgIpc) is 3.25. The number of hydrogen-bond donors (Lipinski definition) is 2. The summed E-state index contributed by atoms with van der Waals surface area (Å²) in [4.78, 5) is 52.3. The van der Waals surface area contributed by atoms with Gasteiger partial charge in [-0.05, 0) is 23.3 Å². The molecule has 0 bridgehead atoms. The molecule has 4 rings (SSSR count). The summed E-state index contributed by atoms with van der Waals surface area (Å²) in [5.41, 5.74) is 2.24. The van der Waals surface area contributed by atoms with E-state index in [1.165, 1.54) is 12.1 Å².